The Labute approximate surface area is 203 Å². The van der Waals surface area contributed by atoms with Crippen LogP contribution in [0.3, 0.4) is 0 Å². The van der Waals surface area contributed by atoms with Crippen molar-refractivity contribution in [1.29, 1.82) is 0 Å². The second-order valence-electron chi connectivity index (χ2n) is 10.0. The predicted molar refractivity (Wildman–Crippen MR) is 144 cm³/mol. The van der Waals surface area contributed by atoms with Gasteiger partial charge in [-0.05, 0) is 41.9 Å². The molecule has 0 saturated heterocycles. The zero-order valence-electron chi connectivity index (χ0n) is 21.2. The van der Waals surface area contributed by atoms with E-state index in [0.717, 1.165) is 16.2 Å². The van der Waals surface area contributed by atoms with Crippen molar-refractivity contribution in [3.05, 3.63) is 17.7 Å². The summed E-state index contributed by atoms with van der Waals surface area (Å²) in [6.07, 6.45) is 18.9. The molecule has 0 aliphatic rings. The predicted octanol–water partition coefficient (Wildman–Crippen LogP) is 10.4. The first kappa shape index (κ1) is 28.8. The molecule has 31 heavy (non-hydrogen) atoms. The molecule has 1 aromatic rings. The van der Waals surface area contributed by atoms with E-state index in [-0.39, 0.29) is 5.41 Å². The third-order valence-electron chi connectivity index (χ3n) is 5.88. The van der Waals surface area contributed by atoms with Gasteiger partial charge < -0.3 is 5.11 Å². The van der Waals surface area contributed by atoms with Crippen molar-refractivity contribution < 1.29 is 5.11 Å². The Hall–Kier alpha value is -0.280. The van der Waals surface area contributed by atoms with Gasteiger partial charge in [0.15, 0.2) is 0 Å². The molecule has 0 fully saturated rings. The summed E-state index contributed by atoms with van der Waals surface area (Å²) >= 11 is 3.82. The Balaban J connectivity index is 2.51. The lowest BCUT2D eigenvalue weighted by Crippen LogP contribution is -2.12. The minimum atomic E-state index is -0.0332. The van der Waals surface area contributed by atoms with Gasteiger partial charge in [-0.3, -0.25) is 0 Å². The van der Waals surface area contributed by atoms with Crippen LogP contribution in [-0.2, 0) is 5.41 Å². The SMILES string of the molecule is CCCCCCCCCSc1cc(SCCCCCCCCC)c(O)c(C(C)(C)C)c1. The van der Waals surface area contributed by atoms with E-state index in [2.05, 4.69) is 46.8 Å². The Morgan fingerprint density at radius 2 is 1.10 bits per heavy atom. The number of unbranched alkanes of at least 4 members (excludes halogenated alkanes) is 12. The fourth-order valence-corrected chi connectivity index (χ4v) is 5.92. The maximum absolute atomic E-state index is 10.9. The van der Waals surface area contributed by atoms with Gasteiger partial charge in [-0.25, -0.2) is 0 Å². The van der Waals surface area contributed by atoms with E-state index in [0.29, 0.717) is 5.75 Å². The van der Waals surface area contributed by atoms with E-state index in [4.69, 9.17) is 0 Å². The zero-order valence-corrected chi connectivity index (χ0v) is 22.9. The highest BCUT2D eigenvalue weighted by molar-refractivity contribution is 8.00. The number of thioether (sulfide) groups is 2. The Kier molecular flexibility index (Phi) is 16.0. The molecule has 0 aliphatic heterocycles. The van der Waals surface area contributed by atoms with Gasteiger partial charge in [0.2, 0.25) is 0 Å². The van der Waals surface area contributed by atoms with E-state index in [1.807, 2.05) is 23.5 Å². The molecule has 180 valence electrons. The monoisotopic (exact) mass is 466 g/mol. The van der Waals surface area contributed by atoms with Crippen molar-refractivity contribution in [3.8, 4) is 5.75 Å². The summed E-state index contributed by atoms with van der Waals surface area (Å²) < 4.78 is 0. The van der Waals surface area contributed by atoms with E-state index in [1.54, 1.807) is 0 Å². The molecule has 1 aromatic carbocycles. The number of hydrogen-bond donors (Lipinski definition) is 1. The quantitative estimate of drug-likeness (QED) is 0.171. The molecule has 0 unspecified atom stereocenters. The Morgan fingerprint density at radius 1 is 0.645 bits per heavy atom. The van der Waals surface area contributed by atoms with Gasteiger partial charge in [0, 0.05) is 10.5 Å². The number of phenols is 1. The van der Waals surface area contributed by atoms with Crippen molar-refractivity contribution in [1.82, 2.24) is 0 Å². The summed E-state index contributed by atoms with van der Waals surface area (Å²) in [5.74, 6) is 2.81. The highest BCUT2D eigenvalue weighted by Gasteiger charge is 2.21. The lowest BCUT2D eigenvalue weighted by atomic mass is 9.86. The molecule has 0 atom stereocenters. The zero-order chi connectivity index (χ0) is 23.0. The van der Waals surface area contributed by atoms with Crippen LogP contribution >= 0.6 is 23.5 Å². The van der Waals surface area contributed by atoms with Crippen molar-refractivity contribution in [3.63, 3.8) is 0 Å². The molecule has 0 radical (unpaired) electrons. The largest absolute Gasteiger partial charge is 0.506 e. The van der Waals surface area contributed by atoms with Crippen LogP contribution in [0.15, 0.2) is 21.9 Å². The molecule has 1 N–H and O–H groups in total. The molecule has 0 heterocycles. The van der Waals surface area contributed by atoms with E-state index < -0.39 is 0 Å². The summed E-state index contributed by atoms with van der Waals surface area (Å²) in [6, 6.07) is 4.47. The highest BCUT2D eigenvalue weighted by atomic mass is 32.2. The molecule has 0 saturated carbocycles. The summed E-state index contributed by atoms with van der Waals surface area (Å²) in [4.78, 5) is 2.41. The van der Waals surface area contributed by atoms with E-state index in [9.17, 15) is 5.11 Å². The van der Waals surface area contributed by atoms with Crippen LogP contribution in [0.4, 0.5) is 0 Å². The van der Waals surface area contributed by atoms with Crippen LogP contribution < -0.4 is 0 Å². The molecule has 0 aliphatic carbocycles. The fraction of sp³-hybridized carbons (Fsp3) is 0.786. The Morgan fingerprint density at radius 3 is 1.58 bits per heavy atom. The van der Waals surface area contributed by atoms with Gasteiger partial charge in [0.1, 0.15) is 5.75 Å². The van der Waals surface area contributed by atoms with E-state index >= 15 is 0 Å². The number of benzene rings is 1. The van der Waals surface area contributed by atoms with Gasteiger partial charge in [-0.15, -0.1) is 23.5 Å². The molecule has 1 rings (SSSR count). The lowest BCUT2D eigenvalue weighted by Gasteiger charge is -2.23. The van der Waals surface area contributed by atoms with Crippen molar-refractivity contribution >= 4 is 23.5 Å². The lowest BCUT2D eigenvalue weighted by molar-refractivity contribution is 0.433. The van der Waals surface area contributed by atoms with Crippen molar-refractivity contribution in [2.75, 3.05) is 11.5 Å². The molecule has 0 amide bonds. The minimum absolute atomic E-state index is 0.0332. The maximum atomic E-state index is 10.9. The molecule has 0 bridgehead atoms. The third-order valence-corrected chi connectivity index (χ3v) is 8.06. The second kappa shape index (κ2) is 17.2. The van der Waals surface area contributed by atoms with Gasteiger partial charge >= 0.3 is 0 Å². The van der Waals surface area contributed by atoms with Crippen LogP contribution in [0.1, 0.15) is 130 Å². The minimum Gasteiger partial charge on any atom is -0.506 e. The number of aromatic hydroxyl groups is 1. The number of rotatable bonds is 18. The van der Waals surface area contributed by atoms with Crippen LogP contribution in [0.5, 0.6) is 5.75 Å². The molecular formula is C28H50OS2. The van der Waals surface area contributed by atoms with Gasteiger partial charge in [-0.2, -0.15) is 0 Å². The normalized spacial score (nSPS) is 11.9. The summed E-state index contributed by atoms with van der Waals surface area (Å²) in [5.41, 5.74) is 1.06. The summed E-state index contributed by atoms with van der Waals surface area (Å²) in [5, 5.41) is 10.9. The number of hydrogen-bond acceptors (Lipinski definition) is 3. The van der Waals surface area contributed by atoms with Gasteiger partial charge in [-0.1, -0.05) is 112 Å². The van der Waals surface area contributed by atoms with Crippen LogP contribution in [-0.4, -0.2) is 16.6 Å². The van der Waals surface area contributed by atoms with E-state index in [1.165, 1.54) is 101 Å². The second-order valence-corrected chi connectivity index (χ2v) is 12.3. The smallest absolute Gasteiger partial charge is 0.132 e. The topological polar surface area (TPSA) is 20.2 Å². The summed E-state index contributed by atoms with van der Waals surface area (Å²) in [6.45, 7) is 11.2. The average Bonchev–Trinajstić information content (AvgIpc) is 2.72. The van der Waals surface area contributed by atoms with Crippen LogP contribution in [0, 0.1) is 0 Å². The molecule has 3 heteroatoms. The van der Waals surface area contributed by atoms with Crippen LogP contribution in [0.25, 0.3) is 0 Å². The third kappa shape index (κ3) is 13.1. The first-order valence-electron chi connectivity index (χ1n) is 13.0. The fourth-order valence-electron chi connectivity index (χ4n) is 3.84. The van der Waals surface area contributed by atoms with Crippen molar-refractivity contribution in [2.24, 2.45) is 0 Å². The molecule has 0 spiro atoms. The maximum Gasteiger partial charge on any atom is 0.132 e. The van der Waals surface area contributed by atoms with Gasteiger partial charge in [0.05, 0.1) is 4.90 Å². The first-order valence-corrected chi connectivity index (χ1v) is 15.0. The molecular weight excluding hydrogens is 416 g/mol. The highest BCUT2D eigenvalue weighted by Crippen LogP contribution is 2.41. The Bertz CT molecular complexity index is 577. The summed E-state index contributed by atoms with van der Waals surface area (Å²) in [7, 11) is 0. The van der Waals surface area contributed by atoms with Crippen LogP contribution in [0.2, 0.25) is 0 Å². The standard InChI is InChI=1S/C28H50OS2/c1-6-8-10-12-14-16-18-20-30-24-22-25(28(3,4)5)27(29)26(23-24)31-21-19-17-15-13-11-9-7-2/h22-23,29H,6-21H2,1-5H3. The average molecular weight is 467 g/mol. The molecule has 1 nitrogen and oxygen atoms in total. The molecule has 0 aromatic heterocycles. The first-order chi connectivity index (χ1) is 14.9. The van der Waals surface area contributed by atoms with Gasteiger partial charge in [0.25, 0.3) is 0 Å². The van der Waals surface area contributed by atoms with Crippen molar-refractivity contribution in [2.45, 2.75) is 140 Å². The number of phenolic OH excluding ortho intramolecular Hbond substituents is 1.